The summed E-state index contributed by atoms with van der Waals surface area (Å²) < 4.78 is 0. The monoisotopic (exact) mass is 140 g/mol. The van der Waals surface area contributed by atoms with E-state index in [-0.39, 0.29) is 0 Å². The van der Waals surface area contributed by atoms with Gasteiger partial charge in [0.2, 0.25) is 0 Å². The van der Waals surface area contributed by atoms with Gasteiger partial charge in [-0.15, -0.1) is 0 Å². The Bertz CT molecular complexity index is 107. The van der Waals surface area contributed by atoms with Gasteiger partial charge in [0, 0.05) is 6.61 Å². The molecule has 0 heterocycles. The molecule has 1 aliphatic rings. The van der Waals surface area contributed by atoms with E-state index in [0.717, 1.165) is 12.3 Å². The van der Waals surface area contributed by atoms with Crippen LogP contribution in [0.5, 0.6) is 0 Å². The van der Waals surface area contributed by atoms with Crippen LogP contribution in [0.3, 0.4) is 0 Å². The summed E-state index contributed by atoms with van der Waals surface area (Å²) in [5.41, 5.74) is 0. The number of rotatable bonds is 4. The van der Waals surface area contributed by atoms with Crippen molar-refractivity contribution in [3.05, 3.63) is 12.2 Å². The van der Waals surface area contributed by atoms with E-state index in [1.54, 1.807) is 0 Å². The zero-order chi connectivity index (χ0) is 7.23. The number of hydrogen-bond donors (Lipinski definition) is 1. The number of unbranched alkanes of at least 4 members (excludes halogenated alkanes) is 1. The van der Waals surface area contributed by atoms with Crippen LogP contribution in [0.2, 0.25) is 0 Å². The number of hydrogen-bond acceptors (Lipinski definition) is 1. The SMILES string of the molecule is OCCCC[C@H]1C=CCC1. The Labute approximate surface area is 62.8 Å². The first kappa shape index (κ1) is 7.80. The van der Waals surface area contributed by atoms with Gasteiger partial charge in [-0.2, -0.15) is 0 Å². The summed E-state index contributed by atoms with van der Waals surface area (Å²) in [6.07, 6.45) is 10.6. The van der Waals surface area contributed by atoms with Gasteiger partial charge in [0.15, 0.2) is 0 Å². The maximum Gasteiger partial charge on any atom is 0.0431 e. The predicted octanol–water partition coefficient (Wildman–Crippen LogP) is 2.12. The molecule has 0 saturated carbocycles. The smallest absolute Gasteiger partial charge is 0.0431 e. The lowest BCUT2D eigenvalue weighted by Gasteiger charge is -2.04. The standard InChI is InChI=1S/C9H16O/c10-8-4-3-7-9-5-1-2-6-9/h1,5,9-10H,2-4,6-8H2/t9-/m0/s1. The molecule has 1 atom stereocenters. The van der Waals surface area contributed by atoms with Crippen molar-refractivity contribution in [3.8, 4) is 0 Å². The van der Waals surface area contributed by atoms with E-state index in [4.69, 9.17) is 5.11 Å². The molecule has 0 radical (unpaired) electrons. The molecule has 10 heavy (non-hydrogen) atoms. The van der Waals surface area contributed by atoms with Crippen LogP contribution in [0.15, 0.2) is 12.2 Å². The molecule has 0 bridgehead atoms. The minimum Gasteiger partial charge on any atom is -0.396 e. The van der Waals surface area contributed by atoms with Crippen LogP contribution in [0.4, 0.5) is 0 Å². The van der Waals surface area contributed by atoms with Gasteiger partial charge < -0.3 is 5.11 Å². The van der Waals surface area contributed by atoms with Gasteiger partial charge in [-0.25, -0.2) is 0 Å². The van der Waals surface area contributed by atoms with Crippen LogP contribution in [0.1, 0.15) is 32.1 Å². The van der Waals surface area contributed by atoms with Gasteiger partial charge in [0.1, 0.15) is 0 Å². The summed E-state index contributed by atoms with van der Waals surface area (Å²) in [6.45, 7) is 0.358. The van der Waals surface area contributed by atoms with Gasteiger partial charge in [-0.05, 0) is 31.6 Å². The molecule has 0 aromatic carbocycles. The second kappa shape index (κ2) is 4.51. The molecule has 58 valence electrons. The first-order valence-corrected chi connectivity index (χ1v) is 4.21. The van der Waals surface area contributed by atoms with E-state index in [1.807, 2.05) is 0 Å². The summed E-state index contributed by atoms with van der Waals surface area (Å²) in [5, 5.41) is 8.52. The molecule has 0 aromatic rings. The molecule has 1 rings (SSSR count). The molecule has 0 saturated heterocycles. The molecule has 1 N–H and O–H groups in total. The Morgan fingerprint density at radius 3 is 2.90 bits per heavy atom. The van der Waals surface area contributed by atoms with E-state index in [9.17, 15) is 0 Å². The second-order valence-corrected chi connectivity index (χ2v) is 2.98. The maximum absolute atomic E-state index is 8.52. The van der Waals surface area contributed by atoms with Crippen LogP contribution < -0.4 is 0 Å². The van der Waals surface area contributed by atoms with Crippen LogP contribution in [0.25, 0.3) is 0 Å². The average Bonchev–Trinajstić information content (AvgIpc) is 2.41. The molecule has 1 nitrogen and oxygen atoms in total. The van der Waals surface area contributed by atoms with Gasteiger partial charge in [-0.1, -0.05) is 18.6 Å². The summed E-state index contributed by atoms with van der Waals surface area (Å²) in [4.78, 5) is 0. The van der Waals surface area contributed by atoms with Crippen LogP contribution in [-0.4, -0.2) is 11.7 Å². The van der Waals surface area contributed by atoms with E-state index in [0.29, 0.717) is 6.61 Å². The quantitative estimate of drug-likeness (QED) is 0.468. The summed E-state index contributed by atoms with van der Waals surface area (Å²) in [5.74, 6) is 0.826. The highest BCUT2D eigenvalue weighted by molar-refractivity contribution is 4.95. The molecule has 0 aromatic heterocycles. The van der Waals surface area contributed by atoms with E-state index >= 15 is 0 Å². The molecular formula is C9H16O. The van der Waals surface area contributed by atoms with Gasteiger partial charge in [0.25, 0.3) is 0 Å². The molecule has 0 unspecified atom stereocenters. The van der Waals surface area contributed by atoms with E-state index in [1.165, 1.54) is 25.7 Å². The van der Waals surface area contributed by atoms with Crippen molar-refractivity contribution in [2.24, 2.45) is 5.92 Å². The normalized spacial score (nSPS) is 23.9. The van der Waals surface area contributed by atoms with Crippen molar-refractivity contribution < 1.29 is 5.11 Å². The fraction of sp³-hybridized carbons (Fsp3) is 0.778. The Balaban J connectivity index is 1.97. The van der Waals surface area contributed by atoms with Gasteiger partial charge >= 0.3 is 0 Å². The molecule has 0 aliphatic heterocycles. The zero-order valence-corrected chi connectivity index (χ0v) is 6.42. The summed E-state index contributed by atoms with van der Waals surface area (Å²) in [6, 6.07) is 0. The lowest BCUT2D eigenvalue weighted by Crippen LogP contribution is -1.92. The third kappa shape index (κ3) is 2.53. The zero-order valence-electron chi connectivity index (χ0n) is 6.42. The third-order valence-corrected chi connectivity index (χ3v) is 2.10. The number of aliphatic hydroxyl groups is 1. The topological polar surface area (TPSA) is 20.2 Å². The van der Waals surface area contributed by atoms with Crippen molar-refractivity contribution in [1.29, 1.82) is 0 Å². The lowest BCUT2D eigenvalue weighted by atomic mass is 10.0. The minimum atomic E-state index is 0.358. The Hall–Kier alpha value is -0.300. The highest BCUT2D eigenvalue weighted by atomic mass is 16.2. The minimum absolute atomic E-state index is 0.358. The first-order chi connectivity index (χ1) is 4.93. The van der Waals surface area contributed by atoms with Crippen LogP contribution >= 0.6 is 0 Å². The molecular weight excluding hydrogens is 124 g/mol. The second-order valence-electron chi connectivity index (χ2n) is 2.98. The molecule has 0 amide bonds. The molecule has 1 aliphatic carbocycles. The highest BCUT2D eigenvalue weighted by Crippen LogP contribution is 2.21. The van der Waals surface area contributed by atoms with Crippen molar-refractivity contribution in [3.63, 3.8) is 0 Å². The van der Waals surface area contributed by atoms with Gasteiger partial charge in [-0.3, -0.25) is 0 Å². The van der Waals surface area contributed by atoms with Crippen molar-refractivity contribution >= 4 is 0 Å². The largest absolute Gasteiger partial charge is 0.396 e. The van der Waals surface area contributed by atoms with Crippen LogP contribution in [0, 0.1) is 5.92 Å². The molecule has 1 heteroatoms. The highest BCUT2D eigenvalue weighted by Gasteiger charge is 2.07. The first-order valence-electron chi connectivity index (χ1n) is 4.21. The molecule has 0 fully saturated rings. The predicted molar refractivity (Wildman–Crippen MR) is 42.8 cm³/mol. The number of aliphatic hydroxyl groups excluding tert-OH is 1. The fourth-order valence-electron chi connectivity index (χ4n) is 1.45. The van der Waals surface area contributed by atoms with E-state index in [2.05, 4.69) is 12.2 Å². The Kier molecular flexibility index (Phi) is 3.52. The third-order valence-electron chi connectivity index (χ3n) is 2.10. The Morgan fingerprint density at radius 2 is 2.30 bits per heavy atom. The lowest BCUT2D eigenvalue weighted by molar-refractivity contribution is 0.280. The van der Waals surface area contributed by atoms with Crippen molar-refractivity contribution in [2.45, 2.75) is 32.1 Å². The average molecular weight is 140 g/mol. The van der Waals surface area contributed by atoms with Crippen LogP contribution in [-0.2, 0) is 0 Å². The van der Waals surface area contributed by atoms with Gasteiger partial charge in [0.05, 0.1) is 0 Å². The number of allylic oxidation sites excluding steroid dienone is 2. The summed E-state index contributed by atoms with van der Waals surface area (Å²) in [7, 11) is 0. The maximum atomic E-state index is 8.52. The van der Waals surface area contributed by atoms with Crippen molar-refractivity contribution in [2.75, 3.05) is 6.61 Å². The molecule has 0 spiro atoms. The van der Waals surface area contributed by atoms with E-state index < -0.39 is 0 Å². The fourth-order valence-corrected chi connectivity index (χ4v) is 1.45. The van der Waals surface area contributed by atoms with Crippen molar-refractivity contribution in [1.82, 2.24) is 0 Å². The Morgan fingerprint density at radius 1 is 1.40 bits per heavy atom. The summed E-state index contributed by atoms with van der Waals surface area (Å²) >= 11 is 0.